The summed E-state index contributed by atoms with van der Waals surface area (Å²) in [6.45, 7) is 0. The molecule has 0 saturated heterocycles. The minimum Gasteiger partial charge on any atom is -0.477 e. The van der Waals surface area contributed by atoms with Crippen molar-refractivity contribution in [3.63, 3.8) is 0 Å². The smallest absolute Gasteiger partial charge is 0.345 e. The van der Waals surface area contributed by atoms with Crippen LogP contribution in [0.4, 0.5) is 0 Å². The van der Waals surface area contributed by atoms with E-state index in [2.05, 4.69) is 4.98 Å². The molecule has 1 saturated carbocycles. The number of carbonyl (C=O) groups is 1. The number of aromatic nitrogens is 1. The van der Waals surface area contributed by atoms with Gasteiger partial charge in [-0.15, -0.1) is 22.9 Å². The Balaban J connectivity index is 1.70. The van der Waals surface area contributed by atoms with E-state index in [4.69, 9.17) is 39.9 Å². The number of hydrogen-bond acceptors (Lipinski definition) is 4. The second-order valence-corrected chi connectivity index (χ2v) is 9.03. The molecule has 27 heavy (non-hydrogen) atoms. The van der Waals surface area contributed by atoms with E-state index in [0.29, 0.717) is 21.6 Å². The van der Waals surface area contributed by atoms with Gasteiger partial charge >= 0.3 is 5.97 Å². The number of carboxylic acid groups (broad SMARTS) is 1. The van der Waals surface area contributed by atoms with Crippen molar-refractivity contribution >= 4 is 58.2 Å². The summed E-state index contributed by atoms with van der Waals surface area (Å²) in [6, 6.07) is 6.89. The molecule has 0 amide bonds. The number of pyridine rings is 1. The van der Waals surface area contributed by atoms with E-state index in [1.54, 1.807) is 18.2 Å². The Labute approximate surface area is 176 Å². The number of hydrogen-bond donors (Lipinski definition) is 2. The molecule has 0 radical (unpaired) electrons. The highest BCUT2D eigenvalue weighted by atomic mass is 35.5. The number of carboxylic acids is 1. The molecule has 1 aliphatic carbocycles. The molecule has 4 nitrogen and oxygen atoms in total. The Hall–Kier alpha value is -1.11. The first-order valence-electron chi connectivity index (χ1n) is 8.52. The summed E-state index contributed by atoms with van der Waals surface area (Å²) in [5, 5.41) is 19.9. The highest BCUT2D eigenvalue weighted by molar-refractivity contribution is 7.13. The van der Waals surface area contributed by atoms with Crippen molar-refractivity contribution in [3.8, 4) is 0 Å². The van der Waals surface area contributed by atoms with Gasteiger partial charge in [0.2, 0.25) is 0 Å². The zero-order valence-corrected chi connectivity index (χ0v) is 17.3. The predicted octanol–water partition coefficient (Wildman–Crippen LogP) is 5.54. The largest absolute Gasteiger partial charge is 0.477 e. The first-order valence-corrected chi connectivity index (χ1v) is 10.5. The molecule has 0 spiro atoms. The average Bonchev–Trinajstić information content (AvgIpc) is 3.14. The molecular weight excluding hydrogens is 429 g/mol. The van der Waals surface area contributed by atoms with Crippen LogP contribution in [0.1, 0.15) is 39.4 Å². The monoisotopic (exact) mass is 445 g/mol. The van der Waals surface area contributed by atoms with Crippen LogP contribution in [0.15, 0.2) is 29.8 Å². The number of aryl methyl sites for hydroxylation is 1. The molecule has 0 aromatic carbocycles. The van der Waals surface area contributed by atoms with Crippen molar-refractivity contribution in [1.82, 2.24) is 4.98 Å². The number of aliphatic hydroxyl groups excluding tert-OH is 1. The van der Waals surface area contributed by atoms with Crippen LogP contribution >= 0.6 is 46.1 Å². The Morgan fingerprint density at radius 3 is 2.63 bits per heavy atom. The van der Waals surface area contributed by atoms with E-state index < -0.39 is 12.1 Å². The summed E-state index contributed by atoms with van der Waals surface area (Å²) >= 11 is 19.7. The first kappa shape index (κ1) is 20.6. The van der Waals surface area contributed by atoms with Crippen LogP contribution in [0.3, 0.4) is 0 Å². The minimum atomic E-state index is -0.897. The number of thiophene rings is 1. The number of rotatable bonds is 6. The van der Waals surface area contributed by atoms with Crippen molar-refractivity contribution in [2.75, 3.05) is 0 Å². The lowest BCUT2D eigenvalue weighted by molar-refractivity contribution is 0.0702. The molecule has 2 aromatic heterocycles. The van der Waals surface area contributed by atoms with Gasteiger partial charge in [0.05, 0.1) is 6.10 Å². The van der Waals surface area contributed by atoms with Crippen LogP contribution < -0.4 is 0 Å². The summed E-state index contributed by atoms with van der Waals surface area (Å²) in [4.78, 5) is 16.3. The van der Waals surface area contributed by atoms with Crippen LogP contribution in [-0.4, -0.2) is 32.6 Å². The molecule has 0 bridgehead atoms. The van der Waals surface area contributed by atoms with Gasteiger partial charge in [-0.2, -0.15) is 0 Å². The molecule has 144 valence electrons. The first-order chi connectivity index (χ1) is 12.8. The van der Waals surface area contributed by atoms with Crippen molar-refractivity contribution in [1.29, 1.82) is 0 Å². The molecule has 1 aliphatic rings. The third kappa shape index (κ3) is 5.24. The van der Waals surface area contributed by atoms with Gasteiger partial charge in [-0.1, -0.05) is 29.3 Å². The van der Waals surface area contributed by atoms with E-state index in [0.717, 1.165) is 35.3 Å². The molecule has 2 heterocycles. The summed E-state index contributed by atoms with van der Waals surface area (Å²) in [7, 11) is 0. The zero-order valence-electron chi connectivity index (χ0n) is 14.2. The molecule has 8 heteroatoms. The minimum absolute atomic E-state index is 0.0475. The quantitative estimate of drug-likeness (QED) is 0.451. The zero-order chi connectivity index (χ0) is 19.6. The Morgan fingerprint density at radius 2 is 2.00 bits per heavy atom. The Morgan fingerprint density at radius 1 is 1.30 bits per heavy atom. The van der Waals surface area contributed by atoms with E-state index in [1.165, 1.54) is 11.3 Å². The maximum absolute atomic E-state index is 11.0. The van der Waals surface area contributed by atoms with Gasteiger partial charge < -0.3 is 10.2 Å². The van der Waals surface area contributed by atoms with Crippen LogP contribution in [0.2, 0.25) is 10.3 Å². The van der Waals surface area contributed by atoms with Gasteiger partial charge in [0, 0.05) is 10.3 Å². The second kappa shape index (κ2) is 8.93. The average molecular weight is 447 g/mol. The number of nitrogens with zero attached hydrogens (tertiary/aromatic N) is 1. The van der Waals surface area contributed by atoms with Gasteiger partial charge in [-0.05, 0) is 67.0 Å². The SMILES string of the molecule is O=C(O)c1ccc(CCCC2/C(=C\c3cc(Cl)nc(Cl)c3)C(O)C[C@H]2Cl)s1. The fraction of sp³-hybridized carbons (Fsp3) is 0.368. The lowest BCUT2D eigenvalue weighted by Gasteiger charge is -2.16. The molecule has 3 rings (SSSR count). The topological polar surface area (TPSA) is 70.4 Å². The third-order valence-corrected chi connectivity index (χ3v) is 6.63. The standard InChI is InChI=1S/C19H18Cl3NO3S/c20-14-9-15(24)13(6-10-7-17(21)23-18(22)8-10)12(14)3-1-2-11-4-5-16(27-11)19(25)26/h4-8,12,14-15,24H,1-3,9H2,(H,25,26)/b13-6+/t12?,14-,15?/m1/s1. The van der Waals surface area contributed by atoms with Gasteiger partial charge in [0.15, 0.2) is 0 Å². The molecule has 2 unspecified atom stereocenters. The molecule has 0 aliphatic heterocycles. The van der Waals surface area contributed by atoms with Crippen LogP contribution in [0.5, 0.6) is 0 Å². The summed E-state index contributed by atoms with van der Waals surface area (Å²) in [5.41, 5.74) is 1.67. The van der Waals surface area contributed by atoms with Gasteiger partial charge in [0.1, 0.15) is 15.2 Å². The van der Waals surface area contributed by atoms with Crippen molar-refractivity contribution < 1.29 is 15.0 Å². The van der Waals surface area contributed by atoms with E-state index in [9.17, 15) is 9.90 Å². The normalized spacial score (nSPS) is 23.9. The highest BCUT2D eigenvalue weighted by Gasteiger charge is 2.36. The number of halogens is 3. The number of aromatic carboxylic acids is 1. The van der Waals surface area contributed by atoms with Crippen LogP contribution in [0.25, 0.3) is 6.08 Å². The number of aliphatic hydroxyl groups is 1. The maximum atomic E-state index is 11.0. The van der Waals surface area contributed by atoms with Gasteiger partial charge in [-0.25, -0.2) is 9.78 Å². The molecule has 1 fully saturated rings. The van der Waals surface area contributed by atoms with E-state index >= 15 is 0 Å². The van der Waals surface area contributed by atoms with Crippen LogP contribution in [-0.2, 0) is 6.42 Å². The number of alkyl halides is 1. The lowest BCUT2D eigenvalue weighted by atomic mass is 9.93. The van der Waals surface area contributed by atoms with Crippen molar-refractivity contribution in [3.05, 3.63) is 55.5 Å². The molecule has 2 aromatic rings. The molecule has 3 atom stereocenters. The lowest BCUT2D eigenvalue weighted by Crippen LogP contribution is -2.10. The van der Waals surface area contributed by atoms with Crippen LogP contribution in [0, 0.1) is 5.92 Å². The highest BCUT2D eigenvalue weighted by Crippen LogP contribution is 2.40. The fourth-order valence-corrected chi connectivity index (χ4v) is 5.21. The van der Waals surface area contributed by atoms with Crippen molar-refractivity contribution in [2.45, 2.75) is 37.2 Å². The van der Waals surface area contributed by atoms with Gasteiger partial charge in [0.25, 0.3) is 0 Å². The maximum Gasteiger partial charge on any atom is 0.345 e. The van der Waals surface area contributed by atoms with Crippen molar-refractivity contribution in [2.24, 2.45) is 5.92 Å². The summed E-state index contributed by atoms with van der Waals surface area (Å²) in [6.07, 6.45) is 4.26. The second-order valence-electron chi connectivity index (χ2n) is 6.53. The summed E-state index contributed by atoms with van der Waals surface area (Å²) < 4.78 is 0. The van der Waals surface area contributed by atoms with Gasteiger partial charge in [-0.3, -0.25) is 0 Å². The molecule has 2 N–H and O–H groups in total. The predicted molar refractivity (Wildman–Crippen MR) is 110 cm³/mol. The Kier molecular flexibility index (Phi) is 6.82. The van der Waals surface area contributed by atoms with E-state index in [-0.39, 0.29) is 11.3 Å². The Bertz CT molecular complexity index is 847. The fourth-order valence-electron chi connectivity index (χ4n) is 3.40. The third-order valence-electron chi connectivity index (χ3n) is 4.63. The molecular formula is C19H18Cl3NO3S. The van der Waals surface area contributed by atoms with E-state index in [1.807, 2.05) is 12.1 Å². The summed E-state index contributed by atoms with van der Waals surface area (Å²) in [5.74, 6) is -0.850.